The molecule has 3 rings (SSSR count). The van der Waals surface area contributed by atoms with Gasteiger partial charge in [0.2, 0.25) is 0 Å². The van der Waals surface area contributed by atoms with E-state index in [0.29, 0.717) is 42.8 Å². The minimum absolute atomic E-state index is 0.299. The van der Waals surface area contributed by atoms with E-state index in [1.54, 1.807) is 17.9 Å². The van der Waals surface area contributed by atoms with Crippen LogP contribution in [0.2, 0.25) is 0 Å². The van der Waals surface area contributed by atoms with Crippen LogP contribution in [0.15, 0.2) is 27.4 Å². The van der Waals surface area contributed by atoms with Gasteiger partial charge < -0.3 is 18.8 Å². The highest BCUT2D eigenvalue weighted by molar-refractivity contribution is 5.86. The molecule has 1 aromatic heterocycles. The number of ether oxygens (including phenoxy) is 2. The predicted octanol–water partition coefficient (Wildman–Crippen LogP) is 4.61. The number of fused-ring (bicyclic) bond motifs is 1. The first-order valence-electron chi connectivity index (χ1n) is 10.8. The van der Waals surface area contributed by atoms with Gasteiger partial charge in [-0.15, -0.1) is 0 Å². The molecule has 2 heterocycles. The minimum Gasteiger partial charge on any atom is -0.444 e. The van der Waals surface area contributed by atoms with Crippen LogP contribution in [0.4, 0.5) is 4.79 Å². The van der Waals surface area contributed by atoms with Crippen molar-refractivity contribution in [1.82, 2.24) is 4.90 Å². The zero-order chi connectivity index (χ0) is 22.8. The lowest BCUT2D eigenvalue weighted by molar-refractivity contribution is -0.140. The number of likely N-dealkylation sites (tertiary alicyclic amines) is 1. The Labute approximate surface area is 182 Å². The quantitative estimate of drug-likeness (QED) is 0.401. The molecule has 0 spiro atoms. The molecule has 0 saturated carbocycles. The van der Waals surface area contributed by atoms with Gasteiger partial charge in [-0.2, -0.15) is 0 Å². The van der Waals surface area contributed by atoms with Crippen molar-refractivity contribution in [3.8, 4) is 5.75 Å². The summed E-state index contributed by atoms with van der Waals surface area (Å²) in [4.78, 5) is 38.5. The van der Waals surface area contributed by atoms with Crippen LogP contribution >= 0.6 is 0 Å². The summed E-state index contributed by atoms with van der Waals surface area (Å²) in [7, 11) is 0. The van der Waals surface area contributed by atoms with Crippen molar-refractivity contribution < 1.29 is 23.5 Å². The minimum atomic E-state index is -0.549. The number of amides is 1. The molecular weight excluding hydrogens is 398 g/mol. The lowest BCUT2D eigenvalue weighted by Gasteiger charge is -2.32. The summed E-state index contributed by atoms with van der Waals surface area (Å²) in [6, 6.07) is 5.12. The Bertz CT molecular complexity index is 1020. The number of carbonyl (C=O) groups excluding carboxylic acids is 2. The van der Waals surface area contributed by atoms with Crippen LogP contribution in [-0.4, -0.2) is 35.7 Å². The van der Waals surface area contributed by atoms with Crippen molar-refractivity contribution in [2.75, 3.05) is 13.1 Å². The van der Waals surface area contributed by atoms with Gasteiger partial charge in [-0.25, -0.2) is 9.59 Å². The fraction of sp³-hybridized carbons (Fsp3) is 0.542. The van der Waals surface area contributed by atoms with E-state index in [1.165, 1.54) is 6.07 Å². The van der Waals surface area contributed by atoms with Crippen LogP contribution < -0.4 is 10.4 Å². The summed E-state index contributed by atoms with van der Waals surface area (Å²) in [5, 5.41) is 0.865. The van der Waals surface area contributed by atoms with Gasteiger partial charge in [0.25, 0.3) is 0 Å². The molecule has 1 aliphatic heterocycles. The molecule has 168 valence electrons. The zero-order valence-electron chi connectivity index (χ0n) is 18.9. The van der Waals surface area contributed by atoms with Crippen molar-refractivity contribution in [1.29, 1.82) is 0 Å². The van der Waals surface area contributed by atoms with Crippen LogP contribution in [0.3, 0.4) is 0 Å². The molecule has 7 nitrogen and oxygen atoms in total. The smallest absolute Gasteiger partial charge is 0.410 e. The molecule has 0 N–H and O–H groups in total. The van der Waals surface area contributed by atoms with E-state index >= 15 is 0 Å². The Balaban J connectivity index is 1.69. The summed E-state index contributed by atoms with van der Waals surface area (Å²) in [6.45, 7) is 10.2. The topological polar surface area (TPSA) is 86.0 Å². The van der Waals surface area contributed by atoms with E-state index in [-0.39, 0.29) is 18.0 Å². The molecule has 1 fully saturated rings. The molecule has 1 aliphatic rings. The molecule has 0 radical (unpaired) electrons. The molecule has 0 bridgehead atoms. The molecule has 1 aromatic carbocycles. The van der Waals surface area contributed by atoms with Crippen molar-refractivity contribution in [2.24, 2.45) is 5.92 Å². The van der Waals surface area contributed by atoms with Crippen molar-refractivity contribution in [2.45, 2.75) is 65.9 Å². The second-order valence-electron chi connectivity index (χ2n) is 9.07. The first kappa shape index (κ1) is 22.8. The third kappa shape index (κ3) is 5.46. The summed E-state index contributed by atoms with van der Waals surface area (Å²) < 4.78 is 16.5. The number of carbonyl (C=O) groups is 2. The Morgan fingerprint density at radius 2 is 1.87 bits per heavy atom. The van der Waals surface area contributed by atoms with Crippen molar-refractivity contribution in [3.05, 3.63) is 39.7 Å². The molecule has 1 amide bonds. The van der Waals surface area contributed by atoms with Crippen LogP contribution in [-0.2, 0) is 16.0 Å². The zero-order valence-corrected chi connectivity index (χ0v) is 18.9. The second-order valence-corrected chi connectivity index (χ2v) is 9.07. The molecule has 1 saturated heterocycles. The van der Waals surface area contributed by atoms with E-state index in [4.69, 9.17) is 13.9 Å². The average molecular weight is 430 g/mol. The standard InChI is InChI=1S/C24H31NO6/c1-6-7-17-14-20(26)30-21-15(2)19(9-8-18(17)21)29-22(27)16-10-12-25(13-11-16)23(28)31-24(3,4)5/h8-9,14,16H,6-7,10-13H2,1-5H3. The first-order chi connectivity index (χ1) is 14.6. The number of esters is 1. The van der Waals surface area contributed by atoms with E-state index < -0.39 is 11.2 Å². The number of rotatable bonds is 4. The maximum Gasteiger partial charge on any atom is 0.410 e. The highest BCUT2D eigenvalue weighted by Crippen LogP contribution is 2.30. The van der Waals surface area contributed by atoms with Gasteiger partial charge in [0, 0.05) is 30.1 Å². The fourth-order valence-corrected chi connectivity index (χ4v) is 3.81. The van der Waals surface area contributed by atoms with Crippen LogP contribution in [0.1, 0.15) is 58.1 Å². The number of benzene rings is 1. The normalized spacial score (nSPS) is 15.2. The molecule has 7 heteroatoms. The summed E-state index contributed by atoms with van der Waals surface area (Å²) >= 11 is 0. The molecule has 0 aliphatic carbocycles. The van der Waals surface area contributed by atoms with Crippen molar-refractivity contribution in [3.63, 3.8) is 0 Å². The van der Waals surface area contributed by atoms with Gasteiger partial charge in [-0.05, 0) is 64.7 Å². The van der Waals surface area contributed by atoms with Crippen LogP contribution in [0.25, 0.3) is 11.0 Å². The molecular formula is C24H31NO6. The highest BCUT2D eigenvalue weighted by atomic mass is 16.6. The Morgan fingerprint density at radius 1 is 1.19 bits per heavy atom. The first-order valence-corrected chi connectivity index (χ1v) is 10.8. The van der Waals surface area contributed by atoms with Crippen LogP contribution in [0, 0.1) is 12.8 Å². The summed E-state index contributed by atoms with van der Waals surface area (Å²) in [5.74, 6) is -0.241. The van der Waals surface area contributed by atoms with Gasteiger partial charge in [0.05, 0.1) is 5.92 Å². The Kier molecular flexibility index (Phi) is 6.72. The summed E-state index contributed by atoms with van der Waals surface area (Å²) in [5.41, 5.74) is 1.07. The lowest BCUT2D eigenvalue weighted by atomic mass is 9.97. The predicted molar refractivity (Wildman–Crippen MR) is 117 cm³/mol. The van der Waals surface area contributed by atoms with E-state index in [9.17, 15) is 14.4 Å². The lowest BCUT2D eigenvalue weighted by Crippen LogP contribution is -2.43. The second kappa shape index (κ2) is 9.12. The van der Waals surface area contributed by atoms with Gasteiger partial charge in [-0.3, -0.25) is 4.79 Å². The Morgan fingerprint density at radius 3 is 2.48 bits per heavy atom. The number of piperidine rings is 1. The molecule has 31 heavy (non-hydrogen) atoms. The van der Waals surface area contributed by atoms with Gasteiger partial charge in [0.15, 0.2) is 0 Å². The molecule has 0 unspecified atom stereocenters. The van der Waals surface area contributed by atoms with Crippen LogP contribution in [0.5, 0.6) is 5.75 Å². The van der Waals surface area contributed by atoms with E-state index in [1.807, 2.05) is 26.8 Å². The maximum absolute atomic E-state index is 12.7. The van der Waals surface area contributed by atoms with Gasteiger partial charge in [0.1, 0.15) is 16.9 Å². The number of hydrogen-bond acceptors (Lipinski definition) is 6. The maximum atomic E-state index is 12.7. The largest absolute Gasteiger partial charge is 0.444 e. The monoisotopic (exact) mass is 429 g/mol. The molecule has 2 aromatic rings. The van der Waals surface area contributed by atoms with E-state index in [2.05, 4.69) is 6.92 Å². The number of aryl methyl sites for hydroxylation is 2. The van der Waals surface area contributed by atoms with Crippen molar-refractivity contribution >= 4 is 23.0 Å². The fourth-order valence-electron chi connectivity index (χ4n) is 3.81. The average Bonchev–Trinajstić information content (AvgIpc) is 2.69. The van der Waals surface area contributed by atoms with Gasteiger partial charge >= 0.3 is 17.7 Å². The third-order valence-corrected chi connectivity index (χ3v) is 5.41. The third-order valence-electron chi connectivity index (χ3n) is 5.41. The number of nitrogens with zero attached hydrogens (tertiary/aromatic N) is 1. The number of hydrogen-bond donors (Lipinski definition) is 0. The Hall–Kier alpha value is -2.83. The molecule has 0 atom stereocenters. The SMILES string of the molecule is CCCc1cc(=O)oc2c(C)c(OC(=O)C3CCN(C(=O)OC(C)(C)C)CC3)ccc12. The van der Waals surface area contributed by atoms with E-state index in [0.717, 1.165) is 23.8 Å². The highest BCUT2D eigenvalue weighted by Gasteiger charge is 2.31. The van der Waals surface area contributed by atoms with Gasteiger partial charge in [-0.1, -0.05) is 13.3 Å². The summed E-state index contributed by atoms with van der Waals surface area (Å²) in [6.07, 6.45) is 2.36.